The lowest BCUT2D eigenvalue weighted by molar-refractivity contribution is -0.117. The van der Waals surface area contributed by atoms with Gasteiger partial charge in [0.05, 0.1) is 0 Å². The number of rotatable bonds is 3. The second kappa shape index (κ2) is 3.62. The van der Waals surface area contributed by atoms with E-state index in [0.717, 1.165) is 13.0 Å². The lowest BCUT2D eigenvalue weighted by atomic mass is 10.3. The van der Waals surface area contributed by atoms with Gasteiger partial charge in [0.1, 0.15) is 5.78 Å². The second-order valence-corrected chi connectivity index (χ2v) is 2.29. The smallest absolute Gasteiger partial charge is 0.131 e. The zero-order valence-electron chi connectivity index (χ0n) is 5.18. The van der Waals surface area contributed by atoms with E-state index in [0.29, 0.717) is 5.78 Å². The van der Waals surface area contributed by atoms with Crippen LogP contribution in [-0.2, 0) is 4.79 Å². The molecule has 1 rings (SSSR count). The summed E-state index contributed by atoms with van der Waals surface area (Å²) in [5, 5.41) is 0. The van der Waals surface area contributed by atoms with E-state index in [2.05, 4.69) is 4.90 Å². The topological polar surface area (TPSA) is 20.1 Å². The maximum atomic E-state index is 10.3. The van der Waals surface area contributed by atoms with Crippen LogP contribution in [0.5, 0.6) is 0 Å². The molecule has 0 saturated carbocycles. The fraction of sp³-hybridized carbons (Fsp3) is 0.857. The van der Waals surface area contributed by atoms with Crippen molar-refractivity contribution in [2.45, 2.75) is 20.8 Å². The Labute approximate surface area is 56.9 Å². The molecule has 0 spiro atoms. The minimum atomic E-state index is 0. The first-order valence-electron chi connectivity index (χ1n) is 3.01. The van der Waals surface area contributed by atoms with Gasteiger partial charge in [-0.1, -0.05) is 7.43 Å². The molecule has 9 heavy (non-hydrogen) atoms. The lowest BCUT2D eigenvalue weighted by Crippen LogP contribution is -2.03. The Balaban J connectivity index is 0.000000640. The van der Waals surface area contributed by atoms with Crippen molar-refractivity contribution in [3.05, 3.63) is 0 Å². The van der Waals surface area contributed by atoms with Crippen molar-refractivity contribution >= 4 is 5.78 Å². The number of Topliss-reactive ketones (excluding diaryl/α,β-unsaturated/α-hetero) is 1. The van der Waals surface area contributed by atoms with Crippen LogP contribution in [0.2, 0.25) is 0 Å². The van der Waals surface area contributed by atoms with E-state index < -0.39 is 0 Å². The minimum absolute atomic E-state index is 0. The number of ketones is 1. The predicted molar refractivity (Wildman–Crippen MR) is 38.5 cm³/mol. The van der Waals surface area contributed by atoms with Gasteiger partial charge in [-0.15, -0.1) is 0 Å². The van der Waals surface area contributed by atoms with Gasteiger partial charge in [-0.2, -0.15) is 0 Å². The molecule has 0 aromatic heterocycles. The molecule has 1 aliphatic rings. The molecule has 1 heterocycles. The van der Waals surface area contributed by atoms with Crippen molar-refractivity contribution in [2.24, 2.45) is 0 Å². The van der Waals surface area contributed by atoms with Gasteiger partial charge in [0.15, 0.2) is 0 Å². The molecule has 2 heteroatoms. The van der Waals surface area contributed by atoms with E-state index in [1.54, 1.807) is 6.92 Å². The third kappa shape index (κ3) is 4.15. The molecule has 1 saturated heterocycles. The maximum Gasteiger partial charge on any atom is 0.131 e. The molecule has 0 radical (unpaired) electrons. The molecule has 0 aliphatic carbocycles. The van der Waals surface area contributed by atoms with Gasteiger partial charge in [0.2, 0.25) is 0 Å². The number of carbonyl (C=O) groups is 1. The van der Waals surface area contributed by atoms with Gasteiger partial charge in [-0.3, -0.25) is 4.79 Å². The van der Waals surface area contributed by atoms with E-state index >= 15 is 0 Å². The molecule has 1 fully saturated rings. The first kappa shape index (κ1) is 8.63. The quantitative estimate of drug-likeness (QED) is 0.528. The van der Waals surface area contributed by atoms with Gasteiger partial charge in [0.25, 0.3) is 0 Å². The second-order valence-electron chi connectivity index (χ2n) is 2.29. The summed E-state index contributed by atoms with van der Waals surface area (Å²) >= 11 is 0. The highest BCUT2D eigenvalue weighted by Crippen LogP contribution is 2.03. The minimum Gasteiger partial charge on any atom is -0.300 e. The molecule has 0 amide bonds. The fourth-order valence-corrected chi connectivity index (χ4v) is 0.610. The molecule has 0 N–H and O–H groups in total. The van der Waals surface area contributed by atoms with Crippen molar-refractivity contribution < 1.29 is 4.79 Å². The Morgan fingerprint density at radius 2 is 2.11 bits per heavy atom. The van der Waals surface area contributed by atoms with E-state index in [-0.39, 0.29) is 7.43 Å². The number of carbonyl (C=O) groups excluding carboxylic acids is 1. The number of nitrogens with zero attached hydrogens (tertiary/aromatic N) is 1. The summed E-state index contributed by atoms with van der Waals surface area (Å²) in [4.78, 5) is 12.6. The van der Waals surface area contributed by atoms with Crippen LogP contribution in [0.1, 0.15) is 20.8 Å². The van der Waals surface area contributed by atoms with Crippen LogP contribution in [0.25, 0.3) is 0 Å². The van der Waals surface area contributed by atoms with Crippen LogP contribution >= 0.6 is 0 Å². The molecule has 0 aromatic carbocycles. The Morgan fingerprint density at radius 1 is 1.56 bits per heavy atom. The average molecular weight is 129 g/mol. The molecule has 1 aliphatic heterocycles. The summed E-state index contributed by atoms with van der Waals surface area (Å²) in [6, 6.07) is 0. The highest BCUT2D eigenvalue weighted by Gasteiger charge is 2.15. The van der Waals surface area contributed by atoms with Crippen LogP contribution in [0.15, 0.2) is 0 Å². The van der Waals surface area contributed by atoms with Crippen LogP contribution in [0.3, 0.4) is 0 Å². The van der Waals surface area contributed by atoms with E-state index in [1.807, 2.05) is 0 Å². The largest absolute Gasteiger partial charge is 0.300 e. The van der Waals surface area contributed by atoms with Crippen molar-refractivity contribution in [1.29, 1.82) is 0 Å². The SMILES string of the molecule is C.CC(=O)CCN1CC1. The molecule has 0 aromatic rings. The van der Waals surface area contributed by atoms with E-state index in [4.69, 9.17) is 0 Å². The van der Waals surface area contributed by atoms with Crippen LogP contribution in [0, 0.1) is 0 Å². The summed E-state index contributed by atoms with van der Waals surface area (Å²) in [7, 11) is 0. The summed E-state index contributed by atoms with van der Waals surface area (Å²) in [5.41, 5.74) is 0. The van der Waals surface area contributed by atoms with Crippen molar-refractivity contribution in [1.82, 2.24) is 4.90 Å². The highest BCUT2D eigenvalue weighted by molar-refractivity contribution is 5.75. The highest BCUT2D eigenvalue weighted by atomic mass is 16.1. The standard InChI is InChI=1S/C6H11NO.CH4/c1-6(8)2-3-7-4-5-7;/h2-5H2,1H3;1H4. The normalized spacial score (nSPS) is 16.6. The Kier molecular flexibility index (Phi) is 3.47. The summed E-state index contributed by atoms with van der Waals surface area (Å²) in [6.07, 6.45) is 0.736. The summed E-state index contributed by atoms with van der Waals surface area (Å²) in [5.74, 6) is 0.303. The van der Waals surface area contributed by atoms with Gasteiger partial charge < -0.3 is 4.90 Å². The molecule has 54 valence electrons. The molecular formula is C7H15NO. The van der Waals surface area contributed by atoms with E-state index in [1.165, 1.54) is 13.1 Å². The van der Waals surface area contributed by atoms with Crippen LogP contribution in [0.4, 0.5) is 0 Å². The van der Waals surface area contributed by atoms with Gasteiger partial charge in [0, 0.05) is 26.1 Å². The molecule has 0 atom stereocenters. The zero-order valence-corrected chi connectivity index (χ0v) is 5.18. The fourth-order valence-electron chi connectivity index (χ4n) is 0.610. The van der Waals surface area contributed by atoms with Crippen LogP contribution in [-0.4, -0.2) is 30.3 Å². The molecule has 2 nitrogen and oxygen atoms in total. The lowest BCUT2D eigenvalue weighted by Gasteiger charge is -1.93. The van der Waals surface area contributed by atoms with Crippen molar-refractivity contribution in [3.63, 3.8) is 0 Å². The zero-order chi connectivity index (χ0) is 5.98. The van der Waals surface area contributed by atoms with Crippen LogP contribution < -0.4 is 0 Å². The molecule has 0 bridgehead atoms. The first-order valence-corrected chi connectivity index (χ1v) is 3.01. The Bertz CT molecular complexity index is 97.1. The number of hydrogen-bond donors (Lipinski definition) is 0. The summed E-state index contributed by atoms with van der Waals surface area (Å²) in [6.45, 7) is 5.03. The monoisotopic (exact) mass is 129 g/mol. The third-order valence-corrected chi connectivity index (χ3v) is 1.32. The van der Waals surface area contributed by atoms with Gasteiger partial charge in [-0.05, 0) is 6.92 Å². The van der Waals surface area contributed by atoms with Gasteiger partial charge >= 0.3 is 0 Å². The predicted octanol–water partition coefficient (Wildman–Crippen LogP) is 0.917. The third-order valence-electron chi connectivity index (χ3n) is 1.32. The molecular weight excluding hydrogens is 114 g/mol. The van der Waals surface area contributed by atoms with E-state index in [9.17, 15) is 4.79 Å². The summed E-state index contributed by atoms with van der Waals surface area (Å²) < 4.78 is 0. The molecule has 0 unspecified atom stereocenters. The first-order chi connectivity index (χ1) is 3.79. The Hall–Kier alpha value is -0.370. The number of hydrogen-bond acceptors (Lipinski definition) is 2. The maximum absolute atomic E-state index is 10.3. The van der Waals surface area contributed by atoms with Crippen molar-refractivity contribution in [3.8, 4) is 0 Å². The van der Waals surface area contributed by atoms with Gasteiger partial charge in [-0.25, -0.2) is 0 Å². The Morgan fingerprint density at radius 3 is 2.44 bits per heavy atom. The average Bonchev–Trinajstić information content (AvgIpc) is 2.41. The van der Waals surface area contributed by atoms with Crippen molar-refractivity contribution in [2.75, 3.05) is 19.6 Å².